The topological polar surface area (TPSA) is 77.9 Å². The van der Waals surface area contributed by atoms with E-state index in [1.165, 1.54) is 28.8 Å². The number of amidine groups is 1. The molecule has 1 aromatic heterocycles. The minimum Gasteiger partial charge on any atom is -0.352 e. The average molecular weight is 466 g/mol. The molecule has 0 radical (unpaired) electrons. The molecular weight excluding hydrogens is 441 g/mol. The van der Waals surface area contributed by atoms with Gasteiger partial charge in [-0.3, -0.25) is 14.6 Å². The maximum absolute atomic E-state index is 13.7. The molecule has 9 heteroatoms. The highest BCUT2D eigenvalue weighted by Gasteiger charge is 2.40. The Bertz CT molecular complexity index is 1160. The molecule has 1 unspecified atom stereocenters. The summed E-state index contributed by atoms with van der Waals surface area (Å²) in [5.41, 5.74) is 3.49. The van der Waals surface area contributed by atoms with Crippen molar-refractivity contribution in [1.82, 2.24) is 20.1 Å². The van der Waals surface area contributed by atoms with Crippen molar-refractivity contribution in [3.8, 4) is 0 Å². The third-order valence-electron chi connectivity index (χ3n) is 5.38. The predicted molar refractivity (Wildman–Crippen MR) is 126 cm³/mol. The molecule has 0 aliphatic carbocycles. The molecule has 2 aliphatic rings. The quantitative estimate of drug-likeness (QED) is 0.706. The number of pyridine rings is 1. The van der Waals surface area contributed by atoms with Crippen LogP contribution in [0, 0.1) is 5.82 Å². The van der Waals surface area contributed by atoms with E-state index in [1.54, 1.807) is 45.5 Å². The highest BCUT2D eigenvalue weighted by molar-refractivity contribution is 8.16. The van der Waals surface area contributed by atoms with Gasteiger partial charge in [0.2, 0.25) is 5.91 Å². The summed E-state index contributed by atoms with van der Waals surface area (Å²) in [4.78, 5) is 38.0. The molecule has 4 rings (SSSR count). The van der Waals surface area contributed by atoms with E-state index in [-0.39, 0.29) is 24.1 Å². The first-order valence-corrected chi connectivity index (χ1v) is 11.3. The van der Waals surface area contributed by atoms with Crippen LogP contribution >= 0.6 is 11.8 Å². The molecule has 2 aliphatic heterocycles. The van der Waals surface area contributed by atoms with Gasteiger partial charge in [-0.15, -0.1) is 0 Å². The van der Waals surface area contributed by atoms with E-state index in [9.17, 15) is 14.0 Å². The standard InChI is InChI=1S/C24H24FN5O2S/c1-15-21(23(32)29(2)3)22(17-6-8-18(25)9-7-17)30-19(14-33-24(30)28-15)11-20(31)27-13-16-5-4-10-26-12-16/h4-10,12,14,22H,11,13H2,1-3H3,(H,27,31). The lowest BCUT2D eigenvalue weighted by Gasteiger charge is -2.37. The Balaban J connectivity index is 1.62. The van der Waals surface area contributed by atoms with Crippen molar-refractivity contribution >= 4 is 28.7 Å². The molecule has 0 bridgehead atoms. The Morgan fingerprint density at radius 1 is 1.21 bits per heavy atom. The van der Waals surface area contributed by atoms with E-state index in [2.05, 4.69) is 15.3 Å². The van der Waals surface area contributed by atoms with Crippen molar-refractivity contribution in [2.75, 3.05) is 14.1 Å². The second-order valence-corrected chi connectivity index (χ2v) is 8.80. The fourth-order valence-corrected chi connectivity index (χ4v) is 4.74. The SMILES string of the molecule is CC1=C(C(=O)N(C)C)C(c2ccc(F)cc2)N2C(CC(=O)NCc3cccnc3)=CSC2=N1. The second kappa shape index (κ2) is 9.58. The highest BCUT2D eigenvalue weighted by Crippen LogP contribution is 2.44. The first-order valence-electron chi connectivity index (χ1n) is 10.4. The van der Waals surface area contributed by atoms with Gasteiger partial charge in [0.05, 0.1) is 23.7 Å². The summed E-state index contributed by atoms with van der Waals surface area (Å²) in [6.07, 6.45) is 3.50. The molecule has 0 spiro atoms. The molecule has 2 aromatic rings. The number of carbonyl (C=O) groups excluding carboxylic acids is 2. The number of aromatic nitrogens is 1. The van der Waals surface area contributed by atoms with Crippen LogP contribution < -0.4 is 5.32 Å². The van der Waals surface area contributed by atoms with E-state index in [1.807, 2.05) is 22.4 Å². The zero-order valence-electron chi connectivity index (χ0n) is 18.6. The summed E-state index contributed by atoms with van der Waals surface area (Å²) in [6.45, 7) is 2.18. The lowest BCUT2D eigenvalue weighted by atomic mass is 9.93. The smallest absolute Gasteiger partial charge is 0.253 e. The van der Waals surface area contributed by atoms with E-state index < -0.39 is 6.04 Å². The fraction of sp³-hybridized carbons (Fsp3) is 0.250. The number of hydrogen-bond donors (Lipinski definition) is 1. The fourth-order valence-electron chi connectivity index (χ4n) is 3.77. The van der Waals surface area contributed by atoms with Gasteiger partial charge in [0.25, 0.3) is 5.91 Å². The average Bonchev–Trinajstić information content (AvgIpc) is 3.19. The van der Waals surface area contributed by atoms with Gasteiger partial charge in [-0.25, -0.2) is 9.38 Å². The maximum Gasteiger partial charge on any atom is 0.253 e. The number of carbonyl (C=O) groups is 2. The van der Waals surface area contributed by atoms with Gasteiger partial charge in [-0.05, 0) is 41.7 Å². The molecule has 33 heavy (non-hydrogen) atoms. The molecule has 3 heterocycles. The number of amides is 2. The zero-order chi connectivity index (χ0) is 23.5. The van der Waals surface area contributed by atoms with Crippen LogP contribution in [0.4, 0.5) is 4.39 Å². The molecule has 2 amide bonds. The van der Waals surface area contributed by atoms with E-state index in [4.69, 9.17) is 0 Å². The minimum absolute atomic E-state index is 0.118. The molecule has 0 saturated heterocycles. The normalized spacial score (nSPS) is 17.3. The molecule has 1 atom stereocenters. The number of benzene rings is 1. The second-order valence-electron chi connectivity index (χ2n) is 7.96. The van der Waals surface area contributed by atoms with Gasteiger partial charge in [-0.1, -0.05) is 30.0 Å². The summed E-state index contributed by atoms with van der Waals surface area (Å²) in [7, 11) is 3.37. The van der Waals surface area contributed by atoms with E-state index in [0.29, 0.717) is 23.0 Å². The van der Waals surface area contributed by atoms with Gasteiger partial charge < -0.3 is 15.1 Å². The zero-order valence-corrected chi connectivity index (χ0v) is 19.4. The number of likely N-dealkylation sites (N-methyl/N-ethyl adjacent to an activating group) is 1. The Morgan fingerprint density at radius 2 is 1.97 bits per heavy atom. The summed E-state index contributed by atoms with van der Waals surface area (Å²) in [5, 5.41) is 5.48. The van der Waals surface area contributed by atoms with Crippen LogP contribution in [0.25, 0.3) is 0 Å². The van der Waals surface area contributed by atoms with Crippen LogP contribution in [0.2, 0.25) is 0 Å². The first kappa shape index (κ1) is 22.7. The van der Waals surface area contributed by atoms with E-state index in [0.717, 1.165) is 16.8 Å². The van der Waals surface area contributed by atoms with Crippen LogP contribution in [0.3, 0.4) is 0 Å². The lowest BCUT2D eigenvalue weighted by Crippen LogP contribution is -2.40. The number of aliphatic imine (C=N–C) groups is 1. The molecule has 0 fully saturated rings. The van der Waals surface area contributed by atoms with Gasteiger partial charge in [-0.2, -0.15) is 0 Å². The highest BCUT2D eigenvalue weighted by atomic mass is 32.2. The van der Waals surface area contributed by atoms with Crippen molar-refractivity contribution in [3.63, 3.8) is 0 Å². The van der Waals surface area contributed by atoms with Crippen LogP contribution in [0.1, 0.15) is 30.5 Å². The van der Waals surface area contributed by atoms with Crippen LogP contribution in [0.5, 0.6) is 0 Å². The minimum atomic E-state index is -0.514. The number of allylic oxidation sites excluding steroid dienone is 1. The Morgan fingerprint density at radius 3 is 2.64 bits per heavy atom. The van der Waals surface area contributed by atoms with Crippen LogP contribution in [-0.2, 0) is 16.1 Å². The molecule has 170 valence electrons. The molecule has 7 nitrogen and oxygen atoms in total. The summed E-state index contributed by atoms with van der Waals surface area (Å²) in [6, 6.07) is 9.29. The van der Waals surface area contributed by atoms with Gasteiger partial charge >= 0.3 is 0 Å². The predicted octanol–water partition coefficient (Wildman–Crippen LogP) is 3.59. The monoisotopic (exact) mass is 465 g/mol. The van der Waals surface area contributed by atoms with Crippen molar-refractivity contribution in [3.05, 3.63) is 88.1 Å². The summed E-state index contributed by atoms with van der Waals surface area (Å²) in [5.74, 6) is -0.690. The van der Waals surface area contributed by atoms with Crippen molar-refractivity contribution < 1.29 is 14.0 Å². The van der Waals surface area contributed by atoms with Crippen molar-refractivity contribution in [1.29, 1.82) is 0 Å². The van der Waals surface area contributed by atoms with Gasteiger partial charge in [0, 0.05) is 38.7 Å². The summed E-state index contributed by atoms with van der Waals surface area (Å²) < 4.78 is 13.7. The molecule has 0 saturated carbocycles. The number of fused-ring (bicyclic) bond motifs is 1. The molecular formula is C24H24FN5O2S. The number of nitrogens with zero attached hydrogens (tertiary/aromatic N) is 4. The maximum atomic E-state index is 13.7. The third-order valence-corrected chi connectivity index (χ3v) is 6.27. The first-order chi connectivity index (χ1) is 15.8. The number of hydrogen-bond acceptors (Lipinski definition) is 6. The number of thioether (sulfide) groups is 1. The Hall–Kier alpha value is -3.46. The lowest BCUT2D eigenvalue weighted by molar-refractivity contribution is -0.125. The van der Waals surface area contributed by atoms with Gasteiger partial charge in [0.15, 0.2) is 5.17 Å². The van der Waals surface area contributed by atoms with Crippen molar-refractivity contribution in [2.45, 2.75) is 25.9 Å². The van der Waals surface area contributed by atoms with E-state index >= 15 is 0 Å². The van der Waals surface area contributed by atoms with Gasteiger partial charge in [0.1, 0.15) is 5.82 Å². The Kier molecular flexibility index (Phi) is 6.60. The summed E-state index contributed by atoms with van der Waals surface area (Å²) >= 11 is 1.41. The largest absolute Gasteiger partial charge is 0.352 e. The molecule has 1 N–H and O–H groups in total. The number of halogens is 1. The van der Waals surface area contributed by atoms with Crippen LogP contribution in [-0.4, -0.2) is 45.9 Å². The van der Waals surface area contributed by atoms with Crippen molar-refractivity contribution in [2.24, 2.45) is 4.99 Å². The van der Waals surface area contributed by atoms with Crippen LogP contribution in [0.15, 0.2) is 76.2 Å². The Labute approximate surface area is 196 Å². The number of nitrogens with one attached hydrogen (secondary N) is 1. The number of rotatable bonds is 6. The third kappa shape index (κ3) is 4.83. The molecule has 1 aromatic carbocycles.